The molecular weight excluding hydrogens is 432 g/mol. The smallest absolute Gasteiger partial charge is 0.264 e. The number of nitrogens with zero attached hydrogens (tertiary/aromatic N) is 1. The number of ether oxygens (including phenoxy) is 3. The number of anilines is 2. The molecule has 0 fully saturated rings. The van der Waals surface area contributed by atoms with Crippen molar-refractivity contribution < 1.29 is 27.4 Å². The molecule has 0 radical (unpaired) electrons. The highest BCUT2D eigenvalue weighted by Gasteiger charge is 2.28. The lowest BCUT2D eigenvalue weighted by atomic mass is 10.3. The zero-order valence-electron chi connectivity index (χ0n) is 17.9. The van der Waals surface area contributed by atoms with Crippen LogP contribution in [0.15, 0.2) is 77.7 Å². The van der Waals surface area contributed by atoms with E-state index in [0.717, 1.165) is 4.31 Å². The van der Waals surface area contributed by atoms with Crippen molar-refractivity contribution in [3.8, 4) is 17.2 Å². The molecule has 0 aliphatic carbocycles. The normalized spacial score (nSPS) is 10.8. The first-order valence-corrected chi connectivity index (χ1v) is 11.1. The highest BCUT2D eigenvalue weighted by Crippen LogP contribution is 2.32. The van der Waals surface area contributed by atoms with Gasteiger partial charge in [0.05, 0.1) is 31.9 Å². The summed E-state index contributed by atoms with van der Waals surface area (Å²) in [6, 6.07) is 19.4. The second-order valence-corrected chi connectivity index (χ2v) is 8.50. The Morgan fingerprint density at radius 1 is 0.844 bits per heavy atom. The van der Waals surface area contributed by atoms with Crippen molar-refractivity contribution in [2.24, 2.45) is 0 Å². The molecule has 0 spiro atoms. The first-order valence-electron chi connectivity index (χ1n) is 9.62. The molecule has 3 rings (SSSR count). The molecule has 0 aromatic heterocycles. The van der Waals surface area contributed by atoms with E-state index < -0.39 is 22.5 Å². The van der Waals surface area contributed by atoms with Gasteiger partial charge in [-0.1, -0.05) is 18.2 Å². The number of carbonyl (C=O) groups excluding carboxylic acids is 1. The number of hydrogen-bond donors (Lipinski definition) is 1. The highest BCUT2D eigenvalue weighted by molar-refractivity contribution is 7.92. The Kier molecular flexibility index (Phi) is 7.21. The lowest BCUT2D eigenvalue weighted by Gasteiger charge is -2.24. The maximum absolute atomic E-state index is 13.5. The van der Waals surface area contributed by atoms with Crippen molar-refractivity contribution in [1.29, 1.82) is 0 Å². The van der Waals surface area contributed by atoms with Crippen molar-refractivity contribution in [2.45, 2.75) is 4.90 Å². The summed E-state index contributed by atoms with van der Waals surface area (Å²) in [5.41, 5.74) is 0.875. The molecular formula is C23H24N2O6S. The molecule has 1 amide bonds. The van der Waals surface area contributed by atoms with Crippen LogP contribution in [-0.4, -0.2) is 42.2 Å². The summed E-state index contributed by atoms with van der Waals surface area (Å²) in [6.45, 7) is -0.424. The van der Waals surface area contributed by atoms with Gasteiger partial charge in [0, 0.05) is 11.8 Å². The summed E-state index contributed by atoms with van der Waals surface area (Å²) in [6.07, 6.45) is 0. The third-order valence-electron chi connectivity index (χ3n) is 4.65. The molecule has 0 saturated carbocycles. The number of rotatable bonds is 9. The third-order valence-corrected chi connectivity index (χ3v) is 6.42. The molecule has 0 aliphatic rings. The Hall–Kier alpha value is -3.72. The molecule has 0 bridgehead atoms. The Morgan fingerprint density at radius 2 is 1.50 bits per heavy atom. The van der Waals surface area contributed by atoms with Crippen LogP contribution in [0.2, 0.25) is 0 Å². The number of amides is 1. The minimum atomic E-state index is -4.09. The Balaban J connectivity index is 1.92. The summed E-state index contributed by atoms with van der Waals surface area (Å²) in [5, 5.41) is 2.71. The number of para-hydroxylation sites is 1. The van der Waals surface area contributed by atoms with Gasteiger partial charge in [0.25, 0.3) is 10.0 Å². The maximum Gasteiger partial charge on any atom is 0.264 e. The van der Waals surface area contributed by atoms with E-state index in [1.54, 1.807) is 61.7 Å². The third kappa shape index (κ3) is 5.12. The Labute approximate surface area is 187 Å². The SMILES string of the molecule is COc1ccc(NC(=O)CN(c2ccccc2)S(=O)(=O)c2ccc(OC)c(OC)c2)cc1. The minimum absolute atomic E-state index is 0.0312. The molecule has 32 heavy (non-hydrogen) atoms. The molecule has 3 aromatic rings. The van der Waals surface area contributed by atoms with E-state index in [2.05, 4.69) is 5.32 Å². The van der Waals surface area contributed by atoms with Gasteiger partial charge in [0.15, 0.2) is 11.5 Å². The van der Waals surface area contributed by atoms with Gasteiger partial charge in [-0.2, -0.15) is 0 Å². The van der Waals surface area contributed by atoms with E-state index in [1.807, 2.05) is 0 Å². The fraction of sp³-hybridized carbons (Fsp3) is 0.174. The van der Waals surface area contributed by atoms with Crippen molar-refractivity contribution in [3.63, 3.8) is 0 Å². The van der Waals surface area contributed by atoms with E-state index in [9.17, 15) is 13.2 Å². The number of sulfonamides is 1. The summed E-state index contributed by atoms with van der Waals surface area (Å²) in [5.74, 6) is 0.812. The van der Waals surface area contributed by atoms with Gasteiger partial charge in [-0.3, -0.25) is 9.10 Å². The first-order chi connectivity index (χ1) is 15.4. The monoisotopic (exact) mass is 456 g/mol. The average Bonchev–Trinajstić information content (AvgIpc) is 2.83. The molecule has 0 unspecified atom stereocenters. The van der Waals surface area contributed by atoms with Crippen LogP contribution < -0.4 is 23.8 Å². The Bertz CT molecular complexity index is 1160. The quantitative estimate of drug-likeness (QED) is 0.529. The molecule has 0 saturated heterocycles. The van der Waals surface area contributed by atoms with Gasteiger partial charge < -0.3 is 19.5 Å². The molecule has 9 heteroatoms. The van der Waals surface area contributed by atoms with Crippen LogP contribution in [0.4, 0.5) is 11.4 Å². The van der Waals surface area contributed by atoms with E-state index >= 15 is 0 Å². The van der Waals surface area contributed by atoms with Crippen molar-refractivity contribution in [3.05, 3.63) is 72.8 Å². The number of methoxy groups -OCH3 is 3. The lowest BCUT2D eigenvalue weighted by Crippen LogP contribution is -2.38. The van der Waals surface area contributed by atoms with E-state index in [1.165, 1.54) is 32.4 Å². The number of carbonyl (C=O) groups is 1. The highest BCUT2D eigenvalue weighted by atomic mass is 32.2. The predicted molar refractivity (Wildman–Crippen MR) is 122 cm³/mol. The molecule has 1 N–H and O–H groups in total. The number of nitrogens with one attached hydrogen (secondary N) is 1. The summed E-state index contributed by atoms with van der Waals surface area (Å²) < 4.78 is 43.6. The molecule has 168 valence electrons. The van der Waals surface area contributed by atoms with Gasteiger partial charge in [0.2, 0.25) is 5.91 Å². The maximum atomic E-state index is 13.5. The fourth-order valence-corrected chi connectivity index (χ4v) is 4.46. The average molecular weight is 457 g/mol. The number of hydrogen-bond acceptors (Lipinski definition) is 6. The van der Waals surface area contributed by atoms with Gasteiger partial charge in [-0.05, 0) is 48.5 Å². The van der Waals surface area contributed by atoms with Gasteiger partial charge >= 0.3 is 0 Å². The van der Waals surface area contributed by atoms with Crippen LogP contribution in [0, 0.1) is 0 Å². The van der Waals surface area contributed by atoms with Crippen LogP contribution in [0.3, 0.4) is 0 Å². The van der Waals surface area contributed by atoms with Crippen LogP contribution in [0.5, 0.6) is 17.2 Å². The van der Waals surface area contributed by atoms with Crippen molar-refractivity contribution >= 4 is 27.3 Å². The zero-order valence-corrected chi connectivity index (χ0v) is 18.8. The van der Waals surface area contributed by atoms with E-state index in [0.29, 0.717) is 22.9 Å². The first kappa shape index (κ1) is 23.0. The fourth-order valence-electron chi connectivity index (χ4n) is 3.02. The topological polar surface area (TPSA) is 94.2 Å². The zero-order chi connectivity index (χ0) is 23.1. The Morgan fingerprint density at radius 3 is 2.09 bits per heavy atom. The van der Waals surface area contributed by atoms with E-state index in [4.69, 9.17) is 14.2 Å². The largest absolute Gasteiger partial charge is 0.497 e. The van der Waals surface area contributed by atoms with Crippen LogP contribution >= 0.6 is 0 Å². The van der Waals surface area contributed by atoms with Crippen LogP contribution in [-0.2, 0) is 14.8 Å². The lowest BCUT2D eigenvalue weighted by molar-refractivity contribution is -0.114. The molecule has 8 nitrogen and oxygen atoms in total. The summed E-state index contributed by atoms with van der Waals surface area (Å²) >= 11 is 0. The predicted octanol–water partition coefficient (Wildman–Crippen LogP) is 3.55. The second kappa shape index (κ2) is 10.1. The second-order valence-electron chi connectivity index (χ2n) is 6.64. The van der Waals surface area contributed by atoms with Gasteiger partial charge in [0.1, 0.15) is 12.3 Å². The van der Waals surface area contributed by atoms with Crippen molar-refractivity contribution in [1.82, 2.24) is 0 Å². The molecule has 3 aromatic carbocycles. The molecule has 0 aliphatic heterocycles. The summed E-state index contributed by atoms with van der Waals surface area (Å²) in [4.78, 5) is 12.7. The summed E-state index contributed by atoms with van der Waals surface area (Å²) in [7, 11) is 0.339. The van der Waals surface area contributed by atoms with Crippen molar-refractivity contribution in [2.75, 3.05) is 37.5 Å². The number of benzene rings is 3. The van der Waals surface area contributed by atoms with Crippen LogP contribution in [0.25, 0.3) is 0 Å². The molecule has 0 heterocycles. The van der Waals surface area contributed by atoms with Gasteiger partial charge in [-0.25, -0.2) is 8.42 Å². The standard InChI is InChI=1S/C23H24N2O6S/c1-29-19-11-9-17(10-12-19)24-23(26)16-25(18-7-5-4-6-8-18)32(27,28)20-13-14-21(30-2)22(15-20)31-3/h4-15H,16H2,1-3H3,(H,24,26). The molecule has 0 atom stereocenters. The minimum Gasteiger partial charge on any atom is -0.497 e. The van der Waals surface area contributed by atoms with Gasteiger partial charge in [-0.15, -0.1) is 0 Å². The van der Waals surface area contributed by atoms with E-state index in [-0.39, 0.29) is 10.6 Å². The van der Waals surface area contributed by atoms with Crippen LogP contribution in [0.1, 0.15) is 0 Å².